The molecule has 3 nitrogen and oxygen atoms in total. The largest absolute Gasteiger partial charge is 0.461 e. The van der Waals surface area contributed by atoms with Crippen molar-refractivity contribution in [2.45, 2.75) is 32.0 Å². The minimum absolute atomic E-state index is 0.140. The van der Waals surface area contributed by atoms with E-state index >= 15 is 0 Å². The molecule has 0 aromatic rings. The molecule has 0 atom stereocenters. The Kier molecular flexibility index (Phi) is 2.79. The Morgan fingerprint density at radius 1 is 1.27 bits per heavy atom. The fourth-order valence-corrected chi connectivity index (χ4v) is 1.13. The van der Waals surface area contributed by atoms with Crippen molar-refractivity contribution in [3.63, 3.8) is 0 Å². The summed E-state index contributed by atoms with van der Waals surface area (Å²) in [5.74, 6) is -6.19. The number of amidine groups is 1. The summed E-state index contributed by atoms with van der Waals surface area (Å²) in [4.78, 5) is 0.869. The normalized spacial score (nSPS) is 18.1. The van der Waals surface area contributed by atoms with Gasteiger partial charge in [-0.15, -0.1) is 0 Å². The highest BCUT2D eigenvalue weighted by Crippen LogP contribution is 2.38. The van der Waals surface area contributed by atoms with Crippen molar-refractivity contribution in [2.24, 2.45) is 5.10 Å². The standard InChI is InChI=1S/C7H10F5N3/c1-4(2)15-3-13-14-5(15)6(8,9)7(10,11)12/h4,13H,3H2,1-2H3. The van der Waals surface area contributed by atoms with Crippen molar-refractivity contribution < 1.29 is 22.0 Å². The lowest BCUT2D eigenvalue weighted by atomic mass is 10.2. The second kappa shape index (κ2) is 3.49. The zero-order chi connectivity index (χ0) is 11.9. The highest BCUT2D eigenvalue weighted by Gasteiger charge is 2.63. The predicted molar refractivity (Wildman–Crippen MR) is 43.4 cm³/mol. The third-order valence-corrected chi connectivity index (χ3v) is 1.96. The summed E-state index contributed by atoms with van der Waals surface area (Å²) < 4.78 is 61.9. The zero-order valence-corrected chi connectivity index (χ0v) is 8.07. The summed E-state index contributed by atoms with van der Waals surface area (Å²) in [5, 5.41) is 3.00. The summed E-state index contributed by atoms with van der Waals surface area (Å²) in [6.07, 6.45) is -5.62. The van der Waals surface area contributed by atoms with E-state index < -0.39 is 24.0 Å². The first-order chi connectivity index (χ1) is 6.68. The molecule has 1 aliphatic heterocycles. The quantitative estimate of drug-likeness (QED) is 0.733. The highest BCUT2D eigenvalue weighted by molar-refractivity contribution is 5.90. The number of halogens is 5. The second-order valence-electron chi connectivity index (χ2n) is 3.39. The summed E-state index contributed by atoms with van der Waals surface area (Å²) >= 11 is 0. The van der Waals surface area contributed by atoms with Gasteiger partial charge in [0.25, 0.3) is 0 Å². The minimum atomic E-state index is -5.62. The molecule has 0 fully saturated rings. The van der Waals surface area contributed by atoms with Crippen molar-refractivity contribution >= 4 is 5.84 Å². The van der Waals surface area contributed by atoms with Crippen LogP contribution in [0.1, 0.15) is 13.8 Å². The maximum Gasteiger partial charge on any atom is 0.461 e. The monoisotopic (exact) mass is 231 g/mol. The highest BCUT2D eigenvalue weighted by atomic mass is 19.4. The number of nitrogens with zero attached hydrogens (tertiary/aromatic N) is 2. The third-order valence-electron chi connectivity index (χ3n) is 1.96. The Bertz CT molecular complexity index is 270. The molecule has 0 radical (unpaired) electrons. The van der Waals surface area contributed by atoms with Crippen LogP contribution in [0.25, 0.3) is 0 Å². The van der Waals surface area contributed by atoms with Gasteiger partial charge in [-0.05, 0) is 13.8 Å². The lowest BCUT2D eigenvalue weighted by Crippen LogP contribution is -2.52. The second-order valence-corrected chi connectivity index (χ2v) is 3.39. The molecule has 8 heteroatoms. The van der Waals surface area contributed by atoms with E-state index in [1.165, 1.54) is 13.8 Å². The first-order valence-corrected chi connectivity index (χ1v) is 4.20. The molecule has 0 bridgehead atoms. The summed E-state index contributed by atoms with van der Waals surface area (Å²) in [6.45, 7) is 2.88. The van der Waals surface area contributed by atoms with Gasteiger partial charge in [-0.2, -0.15) is 27.1 Å². The molecule has 0 aliphatic carbocycles. The number of hydrazone groups is 1. The van der Waals surface area contributed by atoms with E-state index in [2.05, 4.69) is 10.5 Å². The maximum absolute atomic E-state index is 12.9. The average molecular weight is 231 g/mol. The zero-order valence-electron chi connectivity index (χ0n) is 8.07. The molecular weight excluding hydrogens is 221 g/mol. The van der Waals surface area contributed by atoms with Crippen LogP contribution in [0.2, 0.25) is 0 Å². The van der Waals surface area contributed by atoms with Gasteiger partial charge < -0.3 is 4.90 Å². The van der Waals surface area contributed by atoms with Gasteiger partial charge in [-0.1, -0.05) is 0 Å². The lowest BCUT2D eigenvalue weighted by molar-refractivity contribution is -0.252. The van der Waals surface area contributed by atoms with Crippen LogP contribution < -0.4 is 5.43 Å². The van der Waals surface area contributed by atoms with Crippen LogP contribution in [0.5, 0.6) is 0 Å². The smallest absolute Gasteiger partial charge is 0.332 e. The minimum Gasteiger partial charge on any atom is -0.332 e. The molecule has 0 spiro atoms. The Morgan fingerprint density at radius 3 is 2.20 bits per heavy atom. The molecule has 0 aromatic carbocycles. The van der Waals surface area contributed by atoms with Gasteiger partial charge in [0.1, 0.15) is 6.67 Å². The summed E-state index contributed by atoms with van der Waals surface area (Å²) in [6, 6.07) is -0.480. The molecule has 88 valence electrons. The van der Waals surface area contributed by atoms with E-state index in [1.54, 1.807) is 0 Å². The van der Waals surface area contributed by atoms with Crippen LogP contribution in [-0.2, 0) is 0 Å². The van der Waals surface area contributed by atoms with Gasteiger partial charge in [-0.3, -0.25) is 5.43 Å². The van der Waals surface area contributed by atoms with Gasteiger partial charge in [0.15, 0.2) is 0 Å². The Labute approximate surface area is 82.9 Å². The van der Waals surface area contributed by atoms with E-state index in [-0.39, 0.29) is 6.67 Å². The summed E-state index contributed by atoms with van der Waals surface area (Å²) in [5.41, 5.74) is 2.12. The van der Waals surface area contributed by atoms with Crippen LogP contribution in [0, 0.1) is 0 Å². The number of rotatable bonds is 2. The van der Waals surface area contributed by atoms with Crippen LogP contribution >= 0.6 is 0 Å². The van der Waals surface area contributed by atoms with Gasteiger partial charge in [-0.25, -0.2) is 0 Å². The van der Waals surface area contributed by atoms with Crippen LogP contribution in [-0.4, -0.2) is 35.5 Å². The SMILES string of the molecule is CC(C)N1CNN=C1C(F)(F)C(F)(F)F. The van der Waals surface area contributed by atoms with Crippen molar-refractivity contribution in [2.75, 3.05) is 6.67 Å². The van der Waals surface area contributed by atoms with Crippen LogP contribution in [0.3, 0.4) is 0 Å². The molecule has 0 saturated carbocycles. The molecule has 15 heavy (non-hydrogen) atoms. The van der Waals surface area contributed by atoms with Crippen LogP contribution in [0.4, 0.5) is 22.0 Å². The fourth-order valence-electron chi connectivity index (χ4n) is 1.13. The van der Waals surface area contributed by atoms with E-state index in [9.17, 15) is 22.0 Å². The average Bonchev–Trinajstić information content (AvgIpc) is 2.48. The van der Waals surface area contributed by atoms with Crippen molar-refractivity contribution in [3.8, 4) is 0 Å². The summed E-state index contributed by atoms with van der Waals surface area (Å²) in [7, 11) is 0. The van der Waals surface area contributed by atoms with Crippen LogP contribution in [0.15, 0.2) is 5.10 Å². The van der Waals surface area contributed by atoms with Gasteiger partial charge >= 0.3 is 12.1 Å². The Balaban J connectivity index is 2.97. The Morgan fingerprint density at radius 2 is 1.80 bits per heavy atom. The first-order valence-electron chi connectivity index (χ1n) is 4.20. The number of alkyl halides is 5. The number of hydrogen-bond donors (Lipinski definition) is 1. The molecule has 0 amide bonds. The van der Waals surface area contributed by atoms with E-state index in [0.717, 1.165) is 4.90 Å². The first kappa shape index (κ1) is 12.0. The lowest BCUT2D eigenvalue weighted by Gasteiger charge is -2.28. The van der Waals surface area contributed by atoms with Gasteiger partial charge in [0, 0.05) is 6.04 Å². The van der Waals surface area contributed by atoms with Crippen molar-refractivity contribution in [1.29, 1.82) is 0 Å². The molecule has 1 heterocycles. The topological polar surface area (TPSA) is 27.6 Å². The predicted octanol–water partition coefficient (Wildman–Crippen LogP) is 1.77. The maximum atomic E-state index is 12.9. The molecule has 1 aliphatic rings. The molecular formula is C7H10F5N3. The van der Waals surface area contributed by atoms with Gasteiger partial charge in [0.05, 0.1) is 0 Å². The molecule has 0 saturated heterocycles. The van der Waals surface area contributed by atoms with Crippen molar-refractivity contribution in [1.82, 2.24) is 10.3 Å². The van der Waals surface area contributed by atoms with E-state index in [1.807, 2.05) is 0 Å². The molecule has 0 unspecified atom stereocenters. The number of hydrogen-bond acceptors (Lipinski definition) is 3. The molecule has 1 rings (SSSR count). The van der Waals surface area contributed by atoms with Crippen molar-refractivity contribution in [3.05, 3.63) is 0 Å². The number of nitrogens with one attached hydrogen (secondary N) is 1. The fraction of sp³-hybridized carbons (Fsp3) is 0.857. The van der Waals surface area contributed by atoms with E-state index in [0.29, 0.717) is 0 Å². The van der Waals surface area contributed by atoms with E-state index in [4.69, 9.17) is 0 Å². The van der Waals surface area contributed by atoms with Gasteiger partial charge in [0.2, 0.25) is 5.84 Å². The third kappa shape index (κ3) is 1.98. The molecule has 1 N–H and O–H groups in total. The molecule has 0 aromatic heterocycles. The Hall–Kier alpha value is -1.08.